The highest BCUT2D eigenvalue weighted by atomic mass is 35.5. The molecule has 0 unspecified atom stereocenters. The fraction of sp³-hybridized carbons (Fsp3) is 0.182. The van der Waals surface area contributed by atoms with Gasteiger partial charge >= 0.3 is 0 Å². The monoisotopic (exact) mass is 282 g/mol. The van der Waals surface area contributed by atoms with Gasteiger partial charge in [-0.15, -0.1) is 0 Å². The Morgan fingerprint density at radius 3 is 2.83 bits per heavy atom. The van der Waals surface area contributed by atoms with E-state index in [2.05, 4.69) is 20.5 Å². The van der Waals surface area contributed by atoms with Crippen LogP contribution in [0, 0.1) is 0 Å². The van der Waals surface area contributed by atoms with Crippen LogP contribution in [0.5, 0.6) is 0 Å². The molecule has 1 heterocycles. The average molecular weight is 283 g/mol. The van der Waals surface area contributed by atoms with Crippen LogP contribution < -0.4 is 5.32 Å². The van der Waals surface area contributed by atoms with E-state index in [-0.39, 0.29) is 5.91 Å². The minimum Gasteiger partial charge on any atom is -0.326 e. The fourth-order valence-electron chi connectivity index (χ4n) is 1.26. The Bertz CT molecular complexity index is 500. The maximum absolute atomic E-state index is 11.6. The van der Waals surface area contributed by atoms with Gasteiger partial charge in [0.25, 0.3) is 0 Å². The van der Waals surface area contributed by atoms with Gasteiger partial charge < -0.3 is 5.32 Å². The van der Waals surface area contributed by atoms with Gasteiger partial charge in [0.2, 0.25) is 5.91 Å². The lowest BCUT2D eigenvalue weighted by atomic mass is 10.3. The number of amides is 1. The number of aromatic amines is 1. The Morgan fingerprint density at radius 2 is 2.17 bits per heavy atom. The van der Waals surface area contributed by atoms with Crippen molar-refractivity contribution in [3.05, 3.63) is 35.6 Å². The molecule has 1 amide bonds. The second kappa shape index (κ2) is 6.42. The van der Waals surface area contributed by atoms with Crippen molar-refractivity contribution in [3.63, 3.8) is 0 Å². The molecule has 2 N–H and O–H groups in total. The van der Waals surface area contributed by atoms with Gasteiger partial charge in [-0.25, -0.2) is 4.98 Å². The molecule has 0 fully saturated rings. The topological polar surface area (TPSA) is 70.7 Å². The van der Waals surface area contributed by atoms with Crippen molar-refractivity contribution < 1.29 is 4.79 Å². The van der Waals surface area contributed by atoms with Gasteiger partial charge in [0.05, 0.1) is 0 Å². The van der Waals surface area contributed by atoms with Crippen molar-refractivity contribution in [3.8, 4) is 0 Å². The summed E-state index contributed by atoms with van der Waals surface area (Å²) in [6.45, 7) is 0. The first-order valence-electron chi connectivity index (χ1n) is 5.27. The SMILES string of the molecule is O=C(CCSc1ncn[nH]1)Nc1ccc(Cl)cc1. The molecule has 0 aliphatic carbocycles. The Labute approximate surface area is 113 Å². The van der Waals surface area contributed by atoms with Crippen LogP contribution in [0.1, 0.15) is 6.42 Å². The maximum atomic E-state index is 11.6. The Kier molecular flexibility index (Phi) is 4.60. The van der Waals surface area contributed by atoms with Gasteiger partial charge in [-0.3, -0.25) is 9.89 Å². The zero-order valence-electron chi connectivity index (χ0n) is 9.39. The zero-order chi connectivity index (χ0) is 12.8. The number of anilines is 1. The second-order valence-electron chi connectivity index (χ2n) is 3.44. The summed E-state index contributed by atoms with van der Waals surface area (Å²) in [5, 5.41) is 10.6. The molecule has 0 saturated carbocycles. The summed E-state index contributed by atoms with van der Waals surface area (Å²) in [4.78, 5) is 15.6. The number of hydrogen-bond acceptors (Lipinski definition) is 4. The van der Waals surface area contributed by atoms with Crippen LogP contribution in [0.3, 0.4) is 0 Å². The summed E-state index contributed by atoms with van der Waals surface area (Å²) in [5.41, 5.74) is 0.745. The first kappa shape index (κ1) is 12.9. The van der Waals surface area contributed by atoms with Crippen molar-refractivity contribution in [1.29, 1.82) is 0 Å². The first-order chi connectivity index (χ1) is 8.74. The van der Waals surface area contributed by atoms with Crippen LogP contribution in [0.15, 0.2) is 35.7 Å². The number of carbonyl (C=O) groups is 1. The maximum Gasteiger partial charge on any atom is 0.225 e. The summed E-state index contributed by atoms with van der Waals surface area (Å²) >= 11 is 7.21. The van der Waals surface area contributed by atoms with Gasteiger partial charge in [-0.05, 0) is 24.3 Å². The number of hydrogen-bond donors (Lipinski definition) is 2. The standard InChI is InChI=1S/C11H11ClN4OS/c12-8-1-3-9(4-2-8)15-10(17)5-6-18-11-13-7-14-16-11/h1-4,7H,5-6H2,(H,15,17)(H,13,14,16). The third-order valence-corrected chi connectivity index (χ3v) is 3.22. The molecule has 0 saturated heterocycles. The molecule has 7 heteroatoms. The highest BCUT2D eigenvalue weighted by Gasteiger charge is 2.04. The number of carbonyl (C=O) groups excluding carboxylic acids is 1. The lowest BCUT2D eigenvalue weighted by Crippen LogP contribution is -2.12. The first-order valence-corrected chi connectivity index (χ1v) is 6.64. The van der Waals surface area contributed by atoms with E-state index in [4.69, 9.17) is 11.6 Å². The van der Waals surface area contributed by atoms with Crippen LogP contribution in [0.25, 0.3) is 0 Å². The van der Waals surface area contributed by atoms with E-state index >= 15 is 0 Å². The highest BCUT2D eigenvalue weighted by Crippen LogP contribution is 2.15. The van der Waals surface area contributed by atoms with Gasteiger partial charge in [0, 0.05) is 22.9 Å². The average Bonchev–Trinajstić information content (AvgIpc) is 2.85. The van der Waals surface area contributed by atoms with E-state index in [0.29, 0.717) is 22.4 Å². The third-order valence-electron chi connectivity index (χ3n) is 2.09. The summed E-state index contributed by atoms with van der Waals surface area (Å²) < 4.78 is 0. The summed E-state index contributed by atoms with van der Waals surface area (Å²) in [7, 11) is 0. The molecule has 1 aromatic carbocycles. The number of rotatable bonds is 5. The molecule has 2 aromatic rings. The lowest BCUT2D eigenvalue weighted by Gasteiger charge is -2.04. The fourth-order valence-corrected chi connectivity index (χ4v) is 2.11. The number of benzene rings is 1. The van der Waals surface area contributed by atoms with E-state index < -0.39 is 0 Å². The predicted molar refractivity (Wildman–Crippen MR) is 71.8 cm³/mol. The molecule has 0 aliphatic heterocycles. The summed E-state index contributed by atoms with van der Waals surface area (Å²) in [5.74, 6) is 0.610. The van der Waals surface area contributed by atoms with Crippen LogP contribution in [-0.2, 0) is 4.79 Å². The second-order valence-corrected chi connectivity index (χ2v) is 4.96. The number of aromatic nitrogens is 3. The summed E-state index contributed by atoms with van der Waals surface area (Å²) in [6.07, 6.45) is 1.85. The predicted octanol–water partition coefficient (Wildman–Crippen LogP) is 2.58. The molecule has 0 spiro atoms. The lowest BCUT2D eigenvalue weighted by molar-refractivity contribution is -0.115. The molecular formula is C11H11ClN4OS. The van der Waals surface area contributed by atoms with Gasteiger partial charge in [-0.1, -0.05) is 23.4 Å². The van der Waals surface area contributed by atoms with Crippen molar-refractivity contribution >= 4 is 35.0 Å². The Morgan fingerprint density at radius 1 is 1.39 bits per heavy atom. The minimum atomic E-state index is -0.0377. The van der Waals surface area contributed by atoms with Crippen LogP contribution in [-0.4, -0.2) is 26.8 Å². The van der Waals surface area contributed by atoms with E-state index in [0.717, 1.165) is 5.69 Å². The zero-order valence-corrected chi connectivity index (χ0v) is 11.0. The normalized spacial score (nSPS) is 10.3. The van der Waals surface area contributed by atoms with Crippen LogP contribution in [0.4, 0.5) is 5.69 Å². The molecule has 0 bridgehead atoms. The highest BCUT2D eigenvalue weighted by molar-refractivity contribution is 7.99. The molecule has 0 atom stereocenters. The molecule has 94 valence electrons. The molecule has 18 heavy (non-hydrogen) atoms. The van der Waals surface area contributed by atoms with E-state index in [1.54, 1.807) is 24.3 Å². The van der Waals surface area contributed by atoms with Crippen molar-refractivity contribution in [1.82, 2.24) is 15.2 Å². The molecular weight excluding hydrogens is 272 g/mol. The quantitative estimate of drug-likeness (QED) is 0.827. The van der Waals surface area contributed by atoms with E-state index in [9.17, 15) is 4.79 Å². The number of H-pyrrole nitrogens is 1. The Hall–Kier alpha value is -1.53. The van der Waals surface area contributed by atoms with Crippen LogP contribution >= 0.6 is 23.4 Å². The van der Waals surface area contributed by atoms with Gasteiger partial charge in [0.1, 0.15) is 6.33 Å². The third kappa shape index (κ3) is 4.05. The molecule has 0 radical (unpaired) electrons. The minimum absolute atomic E-state index is 0.0377. The largest absolute Gasteiger partial charge is 0.326 e. The van der Waals surface area contributed by atoms with Crippen LogP contribution in [0.2, 0.25) is 5.02 Å². The van der Waals surface area contributed by atoms with Gasteiger partial charge in [-0.2, -0.15) is 5.10 Å². The van der Waals surface area contributed by atoms with Gasteiger partial charge in [0.15, 0.2) is 5.16 Å². The number of nitrogens with zero attached hydrogens (tertiary/aromatic N) is 2. The molecule has 5 nitrogen and oxygen atoms in total. The van der Waals surface area contributed by atoms with E-state index in [1.807, 2.05) is 0 Å². The van der Waals surface area contributed by atoms with Crippen molar-refractivity contribution in [2.75, 3.05) is 11.1 Å². The number of halogens is 1. The van der Waals surface area contributed by atoms with E-state index in [1.165, 1.54) is 18.1 Å². The Balaban J connectivity index is 1.73. The van der Waals surface area contributed by atoms with Crippen molar-refractivity contribution in [2.24, 2.45) is 0 Å². The number of nitrogens with one attached hydrogen (secondary N) is 2. The smallest absolute Gasteiger partial charge is 0.225 e. The molecule has 1 aromatic heterocycles. The summed E-state index contributed by atoms with van der Waals surface area (Å²) in [6, 6.07) is 7.01. The molecule has 0 aliphatic rings. The number of thioether (sulfide) groups is 1. The molecule has 2 rings (SSSR count). The van der Waals surface area contributed by atoms with Crippen molar-refractivity contribution in [2.45, 2.75) is 11.6 Å².